The molecule has 92 valence electrons. The Morgan fingerprint density at radius 3 is 2.59 bits per heavy atom. The number of nitrogens with zero attached hydrogens (tertiary/aromatic N) is 1. The number of benzene rings is 1. The third-order valence-electron chi connectivity index (χ3n) is 3.28. The molecule has 0 spiro atoms. The predicted octanol–water partition coefficient (Wildman–Crippen LogP) is 2.60. The van der Waals surface area contributed by atoms with E-state index in [0.717, 1.165) is 23.7 Å². The minimum atomic E-state index is 0.155. The van der Waals surface area contributed by atoms with Crippen molar-refractivity contribution in [3.63, 3.8) is 0 Å². The van der Waals surface area contributed by atoms with Crippen LogP contribution in [0.3, 0.4) is 0 Å². The molecule has 1 aromatic rings. The van der Waals surface area contributed by atoms with E-state index in [9.17, 15) is 0 Å². The fourth-order valence-corrected chi connectivity index (χ4v) is 2.12. The van der Waals surface area contributed by atoms with Crippen molar-refractivity contribution >= 4 is 11.5 Å². The second-order valence-electron chi connectivity index (χ2n) is 5.12. The normalized spacial score (nSPS) is 15.0. The van der Waals surface area contributed by atoms with Gasteiger partial charge in [-0.15, -0.1) is 0 Å². The van der Waals surface area contributed by atoms with Crippen molar-refractivity contribution in [3.8, 4) is 0 Å². The molecule has 1 aromatic carbocycles. The van der Waals surface area contributed by atoms with Crippen LogP contribution in [0.1, 0.15) is 32.3 Å². The van der Waals surface area contributed by atoms with Crippen LogP contribution in [-0.4, -0.2) is 18.4 Å². The van der Waals surface area contributed by atoms with Gasteiger partial charge in [-0.1, -0.05) is 12.1 Å². The van der Waals surface area contributed by atoms with E-state index in [1.54, 1.807) is 0 Å². The highest BCUT2D eigenvalue weighted by atomic mass is 15.2. The Bertz CT molecular complexity index is 408. The molecular weight excluding hydrogens is 210 g/mol. The van der Waals surface area contributed by atoms with Gasteiger partial charge in [0.2, 0.25) is 0 Å². The van der Waals surface area contributed by atoms with Crippen molar-refractivity contribution < 1.29 is 0 Å². The Balaban J connectivity index is 2.30. The number of nitrogens with one attached hydrogen (secondary N) is 1. The van der Waals surface area contributed by atoms with Gasteiger partial charge >= 0.3 is 0 Å². The van der Waals surface area contributed by atoms with Gasteiger partial charge in [0.05, 0.1) is 0 Å². The van der Waals surface area contributed by atoms with Crippen molar-refractivity contribution in [2.45, 2.75) is 32.7 Å². The van der Waals surface area contributed by atoms with E-state index < -0.39 is 0 Å². The molecule has 0 aromatic heterocycles. The summed E-state index contributed by atoms with van der Waals surface area (Å²) in [6.07, 6.45) is 2.68. The Kier molecular flexibility index (Phi) is 3.36. The largest absolute Gasteiger partial charge is 0.384 e. The Labute approximate surface area is 103 Å². The van der Waals surface area contributed by atoms with E-state index in [2.05, 4.69) is 24.8 Å². The van der Waals surface area contributed by atoms with Crippen LogP contribution in [-0.2, 0) is 0 Å². The maximum atomic E-state index is 7.66. The van der Waals surface area contributed by atoms with Crippen molar-refractivity contribution in [1.82, 2.24) is 0 Å². The zero-order valence-electron chi connectivity index (χ0n) is 10.6. The van der Waals surface area contributed by atoms with Gasteiger partial charge in [0.15, 0.2) is 0 Å². The Hall–Kier alpha value is -1.51. The number of para-hydroxylation sites is 1. The van der Waals surface area contributed by atoms with Gasteiger partial charge in [-0.3, -0.25) is 5.41 Å². The molecule has 3 heteroatoms. The van der Waals surface area contributed by atoms with Gasteiger partial charge in [-0.25, -0.2) is 0 Å². The standard InChI is InChI=1S/C14H21N3/c1-10(2)17(9-11-7-8-11)13-6-4-3-5-12(13)14(15)16/h3-6,10-11H,7-9H2,1-2H3,(H3,15,16). The van der Waals surface area contributed by atoms with Crippen molar-refractivity contribution in [2.75, 3.05) is 11.4 Å². The van der Waals surface area contributed by atoms with Crippen LogP contribution in [0.2, 0.25) is 0 Å². The number of anilines is 1. The van der Waals surface area contributed by atoms with Gasteiger partial charge in [-0.2, -0.15) is 0 Å². The van der Waals surface area contributed by atoms with Gasteiger partial charge in [0.25, 0.3) is 0 Å². The lowest BCUT2D eigenvalue weighted by molar-refractivity contribution is 0.644. The lowest BCUT2D eigenvalue weighted by Gasteiger charge is -2.30. The van der Waals surface area contributed by atoms with Gasteiger partial charge in [-0.05, 0) is 44.7 Å². The first-order valence-electron chi connectivity index (χ1n) is 6.29. The molecule has 1 aliphatic rings. The molecule has 0 amide bonds. The second kappa shape index (κ2) is 4.78. The molecule has 17 heavy (non-hydrogen) atoms. The van der Waals surface area contributed by atoms with Gasteiger partial charge < -0.3 is 10.6 Å². The molecule has 0 atom stereocenters. The third kappa shape index (κ3) is 2.78. The number of amidine groups is 1. The molecular formula is C14H21N3. The van der Waals surface area contributed by atoms with Crippen molar-refractivity contribution in [3.05, 3.63) is 29.8 Å². The fraction of sp³-hybridized carbons (Fsp3) is 0.500. The average Bonchev–Trinajstić information content (AvgIpc) is 3.09. The lowest BCUT2D eigenvalue weighted by atomic mass is 10.1. The first-order chi connectivity index (χ1) is 8.09. The monoisotopic (exact) mass is 231 g/mol. The topological polar surface area (TPSA) is 53.1 Å². The molecule has 0 unspecified atom stereocenters. The van der Waals surface area contributed by atoms with Crippen LogP contribution in [0.15, 0.2) is 24.3 Å². The fourth-order valence-electron chi connectivity index (χ4n) is 2.12. The lowest BCUT2D eigenvalue weighted by Crippen LogP contribution is -2.34. The summed E-state index contributed by atoms with van der Waals surface area (Å²) in [5.74, 6) is 0.986. The van der Waals surface area contributed by atoms with Crippen LogP contribution < -0.4 is 10.6 Å². The van der Waals surface area contributed by atoms with Crippen LogP contribution in [0.25, 0.3) is 0 Å². The molecule has 3 N–H and O–H groups in total. The first-order valence-corrected chi connectivity index (χ1v) is 6.29. The zero-order valence-corrected chi connectivity index (χ0v) is 10.6. The minimum absolute atomic E-state index is 0.155. The van der Waals surface area contributed by atoms with Gasteiger partial charge in [0, 0.05) is 23.8 Å². The average molecular weight is 231 g/mol. The van der Waals surface area contributed by atoms with Crippen LogP contribution in [0.4, 0.5) is 5.69 Å². The maximum absolute atomic E-state index is 7.66. The van der Waals surface area contributed by atoms with E-state index in [1.807, 2.05) is 18.2 Å². The number of hydrogen-bond acceptors (Lipinski definition) is 2. The number of nitrogens with two attached hydrogens (primary N) is 1. The van der Waals surface area contributed by atoms with Crippen LogP contribution in [0.5, 0.6) is 0 Å². The Morgan fingerprint density at radius 1 is 1.41 bits per heavy atom. The van der Waals surface area contributed by atoms with Crippen molar-refractivity contribution in [2.24, 2.45) is 11.7 Å². The third-order valence-corrected chi connectivity index (χ3v) is 3.28. The summed E-state index contributed by atoms with van der Waals surface area (Å²) < 4.78 is 0. The van der Waals surface area contributed by atoms with E-state index >= 15 is 0 Å². The molecule has 0 radical (unpaired) electrons. The molecule has 2 rings (SSSR count). The van der Waals surface area contributed by atoms with Crippen LogP contribution >= 0.6 is 0 Å². The predicted molar refractivity (Wildman–Crippen MR) is 72.7 cm³/mol. The molecule has 0 saturated heterocycles. The molecule has 1 saturated carbocycles. The van der Waals surface area contributed by atoms with Crippen LogP contribution in [0, 0.1) is 11.3 Å². The highest BCUT2D eigenvalue weighted by molar-refractivity contribution is 6.00. The molecule has 0 bridgehead atoms. The summed E-state index contributed by atoms with van der Waals surface area (Å²) in [7, 11) is 0. The number of rotatable bonds is 5. The molecule has 0 heterocycles. The van der Waals surface area contributed by atoms with Crippen molar-refractivity contribution in [1.29, 1.82) is 5.41 Å². The molecule has 1 aliphatic carbocycles. The number of hydrogen-bond donors (Lipinski definition) is 2. The summed E-state index contributed by atoms with van der Waals surface area (Å²) in [5.41, 5.74) is 7.60. The van der Waals surface area contributed by atoms with Gasteiger partial charge in [0.1, 0.15) is 5.84 Å². The summed E-state index contributed by atoms with van der Waals surface area (Å²) in [4.78, 5) is 2.37. The highest BCUT2D eigenvalue weighted by Crippen LogP contribution is 2.33. The van der Waals surface area contributed by atoms with E-state index in [0.29, 0.717) is 6.04 Å². The summed E-state index contributed by atoms with van der Waals surface area (Å²) in [6, 6.07) is 8.40. The zero-order chi connectivity index (χ0) is 12.4. The first kappa shape index (κ1) is 12.0. The summed E-state index contributed by atoms with van der Waals surface area (Å²) in [6.45, 7) is 5.47. The summed E-state index contributed by atoms with van der Waals surface area (Å²) >= 11 is 0. The number of nitrogen functional groups attached to an aromatic ring is 1. The smallest absolute Gasteiger partial charge is 0.124 e. The maximum Gasteiger partial charge on any atom is 0.124 e. The quantitative estimate of drug-likeness (QED) is 0.604. The molecule has 3 nitrogen and oxygen atoms in total. The minimum Gasteiger partial charge on any atom is -0.384 e. The van der Waals surface area contributed by atoms with E-state index in [1.165, 1.54) is 12.8 Å². The Morgan fingerprint density at radius 2 is 2.06 bits per heavy atom. The summed E-state index contributed by atoms with van der Waals surface area (Å²) in [5, 5.41) is 7.66. The second-order valence-corrected chi connectivity index (χ2v) is 5.12. The highest BCUT2D eigenvalue weighted by Gasteiger charge is 2.26. The molecule has 0 aliphatic heterocycles. The van der Waals surface area contributed by atoms with E-state index in [4.69, 9.17) is 11.1 Å². The van der Waals surface area contributed by atoms with E-state index in [-0.39, 0.29) is 5.84 Å². The SMILES string of the molecule is CC(C)N(CC1CC1)c1ccccc1C(=N)N. The molecule has 1 fully saturated rings.